The van der Waals surface area contributed by atoms with Gasteiger partial charge in [0, 0.05) is 17.5 Å². The Morgan fingerprint density at radius 2 is 1.52 bits per heavy atom. The molecule has 1 nitrogen and oxygen atoms in total. The molecule has 2 aromatic rings. The summed E-state index contributed by atoms with van der Waals surface area (Å²) in [6.45, 7) is 18.5. The van der Waals surface area contributed by atoms with Crippen LogP contribution < -0.4 is 4.74 Å². The predicted molar refractivity (Wildman–Crippen MR) is 124 cm³/mol. The summed E-state index contributed by atoms with van der Waals surface area (Å²) in [4.78, 5) is 0. The lowest BCUT2D eigenvalue weighted by Crippen LogP contribution is -2.43. The smallest absolute Gasteiger partial charge is 0.134 e. The third-order valence-corrected chi connectivity index (χ3v) is 13.4. The summed E-state index contributed by atoms with van der Waals surface area (Å²) in [7, 11) is -1.86. The molecule has 0 fully saturated rings. The number of rotatable bonds is 5. The molecule has 1 atom stereocenters. The van der Waals surface area contributed by atoms with E-state index in [1.165, 1.54) is 12.1 Å². The van der Waals surface area contributed by atoms with Crippen LogP contribution in [0.5, 0.6) is 5.75 Å². The third-order valence-electron chi connectivity index (χ3n) is 6.69. The number of hydrogen-bond acceptors (Lipinski definition) is 1. The van der Waals surface area contributed by atoms with Gasteiger partial charge >= 0.3 is 0 Å². The molecule has 1 heterocycles. The van der Waals surface area contributed by atoms with Crippen molar-refractivity contribution in [2.45, 2.75) is 64.1 Å². The van der Waals surface area contributed by atoms with E-state index in [0.29, 0.717) is 22.4 Å². The summed E-state index contributed by atoms with van der Waals surface area (Å²) in [5.74, 6) is 1.14. The van der Waals surface area contributed by atoms with Crippen molar-refractivity contribution in [3.05, 3.63) is 89.1 Å². The summed E-state index contributed by atoms with van der Waals surface area (Å²) in [6.07, 6.45) is 0. The SMILES string of the molecule is C=C1/C(=C/[Si](C(C)C)(C(C)C)C(C)C)Oc2cc(F)ccc2C1c1ccccc1. The monoisotopic (exact) mass is 408 g/mol. The van der Waals surface area contributed by atoms with Crippen LogP contribution in [0.4, 0.5) is 4.39 Å². The zero-order valence-electron chi connectivity index (χ0n) is 18.5. The molecule has 0 bridgehead atoms. The Kier molecular flexibility index (Phi) is 6.18. The van der Waals surface area contributed by atoms with Gasteiger partial charge < -0.3 is 4.74 Å². The third kappa shape index (κ3) is 3.85. The normalized spacial score (nSPS) is 18.5. The highest BCUT2D eigenvalue weighted by atomic mass is 28.3. The first-order valence-corrected chi connectivity index (χ1v) is 12.9. The molecule has 154 valence electrons. The Hall–Kier alpha value is -2.13. The van der Waals surface area contributed by atoms with Crippen molar-refractivity contribution in [1.29, 1.82) is 0 Å². The Labute approximate surface area is 176 Å². The van der Waals surface area contributed by atoms with Crippen LogP contribution in [0.15, 0.2) is 72.1 Å². The van der Waals surface area contributed by atoms with E-state index in [0.717, 1.165) is 22.5 Å². The van der Waals surface area contributed by atoms with E-state index in [-0.39, 0.29) is 11.7 Å². The lowest BCUT2D eigenvalue weighted by atomic mass is 9.83. The standard InChI is InChI=1S/C26H33FOSi/c1-17(2)29(18(3)4,19(5)6)16-25-20(7)26(21-11-9-8-10-12-21)23-14-13-22(27)15-24(23)28-25/h8-19,26H,7H2,1-6H3/b25-16-. The molecule has 2 aromatic carbocycles. The minimum atomic E-state index is -1.86. The summed E-state index contributed by atoms with van der Waals surface area (Å²) in [5, 5.41) is 0. The lowest BCUT2D eigenvalue weighted by Gasteiger charge is -2.42. The van der Waals surface area contributed by atoms with Crippen LogP contribution in [-0.4, -0.2) is 8.07 Å². The summed E-state index contributed by atoms with van der Waals surface area (Å²) >= 11 is 0. The molecule has 0 aromatic heterocycles. The topological polar surface area (TPSA) is 9.23 Å². The predicted octanol–water partition coefficient (Wildman–Crippen LogP) is 8.01. The van der Waals surface area contributed by atoms with Crippen LogP contribution in [0, 0.1) is 5.82 Å². The molecule has 0 saturated heterocycles. The largest absolute Gasteiger partial charge is 0.457 e. The van der Waals surface area contributed by atoms with Crippen LogP contribution >= 0.6 is 0 Å². The van der Waals surface area contributed by atoms with Crippen molar-refractivity contribution in [2.75, 3.05) is 0 Å². The summed E-state index contributed by atoms with van der Waals surface area (Å²) in [6, 6.07) is 15.2. The van der Waals surface area contributed by atoms with E-state index >= 15 is 0 Å². The van der Waals surface area contributed by atoms with Gasteiger partial charge in [-0.1, -0.05) is 90.2 Å². The molecule has 0 radical (unpaired) electrons. The van der Waals surface area contributed by atoms with Gasteiger partial charge in [-0.15, -0.1) is 0 Å². The Morgan fingerprint density at radius 1 is 0.931 bits per heavy atom. The van der Waals surface area contributed by atoms with Crippen LogP contribution in [0.3, 0.4) is 0 Å². The minimum Gasteiger partial charge on any atom is -0.457 e. The first kappa shape index (κ1) is 21.6. The first-order valence-electron chi connectivity index (χ1n) is 10.6. The Bertz CT molecular complexity index is 890. The highest BCUT2D eigenvalue weighted by Crippen LogP contribution is 2.48. The van der Waals surface area contributed by atoms with Crippen LogP contribution in [0.2, 0.25) is 16.6 Å². The van der Waals surface area contributed by atoms with Gasteiger partial charge in [0.15, 0.2) is 0 Å². The van der Waals surface area contributed by atoms with Crippen molar-refractivity contribution in [3.63, 3.8) is 0 Å². The number of allylic oxidation sites excluding steroid dienone is 1. The van der Waals surface area contributed by atoms with Gasteiger partial charge in [0.05, 0.1) is 8.07 Å². The molecule has 0 saturated carbocycles. The Balaban J connectivity index is 2.21. The maximum atomic E-state index is 14.1. The number of benzene rings is 2. The van der Waals surface area contributed by atoms with Crippen molar-refractivity contribution < 1.29 is 9.13 Å². The molecule has 1 aliphatic heterocycles. The van der Waals surface area contributed by atoms with E-state index in [2.05, 4.69) is 66.0 Å². The van der Waals surface area contributed by atoms with Gasteiger partial charge in [-0.05, 0) is 33.8 Å². The van der Waals surface area contributed by atoms with Gasteiger partial charge in [0.25, 0.3) is 0 Å². The average Bonchev–Trinajstić information content (AvgIpc) is 2.66. The Morgan fingerprint density at radius 3 is 2.07 bits per heavy atom. The fourth-order valence-corrected chi connectivity index (χ4v) is 10.9. The van der Waals surface area contributed by atoms with Crippen molar-refractivity contribution in [2.24, 2.45) is 0 Å². The van der Waals surface area contributed by atoms with Gasteiger partial charge in [0.2, 0.25) is 0 Å². The van der Waals surface area contributed by atoms with E-state index in [1.807, 2.05) is 24.3 Å². The highest BCUT2D eigenvalue weighted by molar-refractivity contribution is 6.88. The molecule has 0 N–H and O–H groups in total. The van der Waals surface area contributed by atoms with Gasteiger partial charge in [0.1, 0.15) is 17.3 Å². The molecule has 0 spiro atoms. The van der Waals surface area contributed by atoms with Crippen molar-refractivity contribution in [3.8, 4) is 5.75 Å². The number of halogens is 1. The fourth-order valence-electron chi connectivity index (χ4n) is 5.22. The van der Waals surface area contributed by atoms with Crippen LogP contribution in [0.1, 0.15) is 58.6 Å². The van der Waals surface area contributed by atoms with Gasteiger partial charge in [-0.25, -0.2) is 4.39 Å². The maximum absolute atomic E-state index is 14.1. The fraction of sp³-hybridized carbons (Fsp3) is 0.385. The van der Waals surface area contributed by atoms with E-state index in [4.69, 9.17) is 4.74 Å². The first-order chi connectivity index (χ1) is 13.7. The summed E-state index contributed by atoms with van der Waals surface area (Å²) < 4.78 is 20.4. The van der Waals surface area contributed by atoms with Crippen LogP contribution in [0.25, 0.3) is 0 Å². The second-order valence-electron chi connectivity index (χ2n) is 9.13. The van der Waals surface area contributed by atoms with E-state index in [9.17, 15) is 4.39 Å². The zero-order chi connectivity index (χ0) is 21.3. The molecule has 3 heteroatoms. The van der Waals surface area contributed by atoms with E-state index in [1.54, 1.807) is 0 Å². The molecule has 29 heavy (non-hydrogen) atoms. The molecule has 0 aliphatic carbocycles. The average molecular weight is 409 g/mol. The highest BCUT2D eigenvalue weighted by Gasteiger charge is 2.43. The number of ether oxygens (including phenoxy) is 1. The maximum Gasteiger partial charge on any atom is 0.134 e. The molecular formula is C26H33FOSi. The minimum absolute atomic E-state index is 0.0232. The number of fused-ring (bicyclic) bond motifs is 1. The lowest BCUT2D eigenvalue weighted by molar-refractivity contribution is 0.404. The quantitative estimate of drug-likeness (QED) is 0.455. The summed E-state index contributed by atoms with van der Waals surface area (Å²) in [5.41, 5.74) is 7.21. The molecule has 0 amide bonds. The molecule has 1 aliphatic rings. The van der Waals surface area contributed by atoms with Crippen molar-refractivity contribution in [1.82, 2.24) is 0 Å². The van der Waals surface area contributed by atoms with Crippen molar-refractivity contribution >= 4 is 8.07 Å². The van der Waals surface area contributed by atoms with Crippen LogP contribution in [-0.2, 0) is 0 Å². The molecule has 3 rings (SSSR count). The molecular weight excluding hydrogens is 375 g/mol. The van der Waals surface area contributed by atoms with E-state index < -0.39 is 8.07 Å². The van der Waals surface area contributed by atoms with Gasteiger partial charge in [-0.3, -0.25) is 0 Å². The second kappa shape index (κ2) is 8.31. The zero-order valence-corrected chi connectivity index (χ0v) is 19.5. The second-order valence-corrected chi connectivity index (χ2v) is 14.9. The number of hydrogen-bond donors (Lipinski definition) is 0. The van der Waals surface area contributed by atoms with Gasteiger partial charge in [-0.2, -0.15) is 0 Å². The molecule has 1 unspecified atom stereocenters.